The van der Waals surface area contributed by atoms with Gasteiger partial charge in [-0.2, -0.15) is 0 Å². The highest BCUT2D eigenvalue weighted by molar-refractivity contribution is 6.04. The summed E-state index contributed by atoms with van der Waals surface area (Å²) >= 11 is 0. The van der Waals surface area contributed by atoms with Crippen LogP contribution < -0.4 is 20.9 Å². The van der Waals surface area contributed by atoms with Crippen LogP contribution in [0.25, 0.3) is 0 Å². The Hall–Kier alpha value is -4.57. The molecule has 3 rings (SSSR count). The summed E-state index contributed by atoms with van der Waals surface area (Å²) < 4.78 is 5.75. The number of anilines is 4. The highest BCUT2D eigenvalue weighted by Gasteiger charge is 2.17. The summed E-state index contributed by atoms with van der Waals surface area (Å²) in [5, 5.41) is 6.46. The molecule has 3 aromatic rings. The molecule has 0 aliphatic rings. The maximum Gasteiger partial charge on any atom is 0.278 e. The zero-order chi connectivity index (χ0) is 26.8. The molecule has 37 heavy (non-hydrogen) atoms. The molecule has 1 aromatic carbocycles. The van der Waals surface area contributed by atoms with Gasteiger partial charge in [-0.1, -0.05) is 18.7 Å². The standard InChI is InChI=1S/C27H31N7O3/c1-7-17(3)15-29-18(4)20-10-9-11-22(26(20)36-6)32-23-14-25(33-24-12-13-28-19(5)31-24)30-16-21(23)27(35)34-37-8-2/h7,9-16H,1,8H2,2-6H3,(H,34,35)(H2,28,30,31,32,33)/b17-15-,29-18+. The molecule has 2 aromatic heterocycles. The number of benzene rings is 1. The Balaban J connectivity index is 2.03. The van der Waals surface area contributed by atoms with Crippen molar-refractivity contribution < 1.29 is 14.4 Å². The van der Waals surface area contributed by atoms with Gasteiger partial charge in [0.05, 0.1) is 30.7 Å². The van der Waals surface area contributed by atoms with Crippen LogP contribution in [0.4, 0.5) is 23.0 Å². The minimum Gasteiger partial charge on any atom is -0.494 e. The first-order valence-corrected chi connectivity index (χ1v) is 11.6. The van der Waals surface area contributed by atoms with Gasteiger partial charge in [-0.25, -0.2) is 20.4 Å². The second-order valence-corrected chi connectivity index (χ2v) is 7.90. The fraction of sp³-hybridized carbons (Fsp3) is 0.222. The molecule has 10 nitrogen and oxygen atoms in total. The minimum absolute atomic E-state index is 0.278. The molecule has 0 radical (unpaired) electrons. The van der Waals surface area contributed by atoms with E-state index in [1.807, 2.05) is 32.0 Å². The summed E-state index contributed by atoms with van der Waals surface area (Å²) in [6.07, 6.45) is 6.59. The number of hydrogen-bond acceptors (Lipinski definition) is 9. The number of carbonyl (C=O) groups is 1. The number of para-hydroxylation sites is 1. The summed E-state index contributed by atoms with van der Waals surface area (Å²) in [6.45, 7) is 11.5. The number of nitrogens with zero attached hydrogens (tertiary/aromatic N) is 4. The van der Waals surface area contributed by atoms with Gasteiger partial charge in [0.25, 0.3) is 5.91 Å². The van der Waals surface area contributed by atoms with Gasteiger partial charge in [-0.3, -0.25) is 14.6 Å². The van der Waals surface area contributed by atoms with Crippen LogP contribution in [0.3, 0.4) is 0 Å². The molecule has 0 atom stereocenters. The van der Waals surface area contributed by atoms with E-state index in [2.05, 4.69) is 42.6 Å². The van der Waals surface area contributed by atoms with E-state index in [1.54, 1.807) is 51.6 Å². The van der Waals surface area contributed by atoms with Crippen molar-refractivity contribution >= 4 is 34.6 Å². The minimum atomic E-state index is -0.445. The number of methoxy groups -OCH3 is 1. The van der Waals surface area contributed by atoms with Crippen LogP contribution in [0.15, 0.2) is 72.1 Å². The first kappa shape index (κ1) is 27.0. The summed E-state index contributed by atoms with van der Waals surface area (Å²) in [5.41, 5.74) is 6.30. The third-order valence-corrected chi connectivity index (χ3v) is 5.15. The van der Waals surface area contributed by atoms with Crippen LogP contribution in [-0.4, -0.2) is 40.3 Å². The highest BCUT2D eigenvalue weighted by Crippen LogP contribution is 2.34. The molecule has 2 heterocycles. The molecule has 10 heteroatoms. The highest BCUT2D eigenvalue weighted by atomic mass is 16.6. The molecule has 0 aliphatic heterocycles. The van der Waals surface area contributed by atoms with Crippen molar-refractivity contribution in [3.63, 3.8) is 0 Å². The molecule has 0 saturated carbocycles. The monoisotopic (exact) mass is 501 g/mol. The van der Waals surface area contributed by atoms with E-state index in [9.17, 15) is 4.79 Å². The predicted octanol–water partition coefficient (Wildman–Crippen LogP) is 5.26. The quantitative estimate of drug-likeness (QED) is 0.185. The van der Waals surface area contributed by atoms with Crippen LogP contribution in [0, 0.1) is 6.92 Å². The molecule has 0 unspecified atom stereocenters. The lowest BCUT2D eigenvalue weighted by Gasteiger charge is -2.18. The Labute approximate surface area is 216 Å². The molecule has 0 fully saturated rings. The molecular formula is C27H31N7O3. The SMILES string of the molecule is C=C/C(C)=C\N=C(/C)c1cccc(Nc2cc(Nc3ccnc(C)n3)ncc2C(=O)NOCC)c1OC. The smallest absolute Gasteiger partial charge is 0.278 e. The van der Waals surface area contributed by atoms with Crippen LogP contribution in [0.2, 0.25) is 0 Å². The zero-order valence-corrected chi connectivity index (χ0v) is 21.6. The Morgan fingerprint density at radius 3 is 2.62 bits per heavy atom. The second-order valence-electron chi connectivity index (χ2n) is 7.90. The van der Waals surface area contributed by atoms with Crippen molar-refractivity contribution in [2.24, 2.45) is 4.99 Å². The second kappa shape index (κ2) is 12.9. The first-order chi connectivity index (χ1) is 17.9. The Morgan fingerprint density at radius 1 is 1.11 bits per heavy atom. The Morgan fingerprint density at radius 2 is 1.92 bits per heavy atom. The number of rotatable bonds is 11. The molecule has 0 spiro atoms. The number of allylic oxidation sites excluding steroid dienone is 2. The number of pyridine rings is 1. The van der Waals surface area contributed by atoms with Gasteiger partial charge in [-0.05, 0) is 51.5 Å². The third kappa shape index (κ3) is 7.21. The number of hydroxylamine groups is 1. The molecule has 192 valence electrons. The predicted molar refractivity (Wildman–Crippen MR) is 146 cm³/mol. The van der Waals surface area contributed by atoms with Crippen molar-refractivity contribution in [3.05, 3.63) is 84.1 Å². The van der Waals surface area contributed by atoms with Crippen LogP contribution in [0.1, 0.15) is 42.5 Å². The number of carbonyl (C=O) groups excluding carboxylic acids is 1. The third-order valence-electron chi connectivity index (χ3n) is 5.15. The average molecular weight is 502 g/mol. The average Bonchev–Trinajstić information content (AvgIpc) is 2.90. The topological polar surface area (TPSA) is 123 Å². The van der Waals surface area contributed by atoms with E-state index in [0.29, 0.717) is 41.2 Å². The van der Waals surface area contributed by atoms with Crippen LogP contribution in [0.5, 0.6) is 5.75 Å². The number of aromatic nitrogens is 3. The van der Waals surface area contributed by atoms with Crippen molar-refractivity contribution in [2.45, 2.75) is 27.7 Å². The van der Waals surface area contributed by atoms with Crippen LogP contribution in [-0.2, 0) is 4.84 Å². The van der Waals surface area contributed by atoms with Crippen molar-refractivity contribution in [3.8, 4) is 5.75 Å². The molecule has 3 N–H and O–H groups in total. The van der Waals surface area contributed by atoms with Crippen molar-refractivity contribution in [2.75, 3.05) is 24.4 Å². The van der Waals surface area contributed by atoms with Gasteiger partial charge in [0.1, 0.15) is 17.5 Å². The van der Waals surface area contributed by atoms with Gasteiger partial charge in [0.2, 0.25) is 0 Å². The fourth-order valence-electron chi connectivity index (χ4n) is 3.26. The number of hydrogen-bond donors (Lipinski definition) is 3. The van der Waals surface area contributed by atoms with Gasteiger partial charge in [0, 0.05) is 35.9 Å². The normalized spacial score (nSPS) is 11.6. The number of ether oxygens (including phenoxy) is 1. The van der Waals surface area contributed by atoms with Gasteiger partial charge >= 0.3 is 0 Å². The van der Waals surface area contributed by atoms with Crippen molar-refractivity contribution in [1.82, 2.24) is 20.4 Å². The van der Waals surface area contributed by atoms with E-state index in [1.165, 1.54) is 6.20 Å². The molecule has 0 aliphatic carbocycles. The number of nitrogens with one attached hydrogen (secondary N) is 3. The summed E-state index contributed by atoms with van der Waals surface area (Å²) in [7, 11) is 1.59. The summed E-state index contributed by atoms with van der Waals surface area (Å²) in [4.78, 5) is 35.3. The number of aliphatic imine (C=N–C) groups is 1. The molecule has 0 saturated heterocycles. The Bertz CT molecular complexity index is 1340. The van der Waals surface area contributed by atoms with Gasteiger partial charge in [-0.15, -0.1) is 0 Å². The lowest BCUT2D eigenvalue weighted by atomic mass is 10.1. The van der Waals surface area contributed by atoms with E-state index < -0.39 is 5.91 Å². The number of aryl methyl sites for hydroxylation is 1. The maximum atomic E-state index is 12.8. The van der Waals surface area contributed by atoms with E-state index in [4.69, 9.17) is 9.57 Å². The van der Waals surface area contributed by atoms with E-state index in [-0.39, 0.29) is 5.56 Å². The zero-order valence-electron chi connectivity index (χ0n) is 21.6. The molecule has 0 bridgehead atoms. The van der Waals surface area contributed by atoms with Gasteiger partial charge in [0.15, 0.2) is 5.75 Å². The first-order valence-electron chi connectivity index (χ1n) is 11.6. The Kier molecular flexibility index (Phi) is 9.45. The molecule has 1 amide bonds. The van der Waals surface area contributed by atoms with Crippen molar-refractivity contribution in [1.29, 1.82) is 0 Å². The summed E-state index contributed by atoms with van der Waals surface area (Å²) in [6, 6.07) is 9.09. The lowest BCUT2D eigenvalue weighted by molar-refractivity contribution is 0.0365. The number of amides is 1. The fourth-order valence-corrected chi connectivity index (χ4v) is 3.26. The van der Waals surface area contributed by atoms with Crippen LogP contribution >= 0.6 is 0 Å². The molecular weight excluding hydrogens is 470 g/mol. The lowest BCUT2D eigenvalue weighted by Crippen LogP contribution is -2.24. The maximum absolute atomic E-state index is 12.8. The largest absolute Gasteiger partial charge is 0.494 e. The summed E-state index contributed by atoms with van der Waals surface area (Å²) in [5.74, 6) is 1.80. The van der Waals surface area contributed by atoms with E-state index >= 15 is 0 Å². The van der Waals surface area contributed by atoms with Gasteiger partial charge < -0.3 is 15.4 Å². The van der Waals surface area contributed by atoms with E-state index in [0.717, 1.165) is 16.8 Å².